The van der Waals surface area contributed by atoms with E-state index in [0.717, 1.165) is 22.3 Å². The van der Waals surface area contributed by atoms with Crippen LogP contribution in [0.2, 0.25) is 5.15 Å². The molecule has 2 aromatic heterocycles. The van der Waals surface area contributed by atoms with Gasteiger partial charge in [0.25, 0.3) is 0 Å². The van der Waals surface area contributed by atoms with E-state index in [9.17, 15) is 5.26 Å². The van der Waals surface area contributed by atoms with E-state index in [1.807, 2.05) is 81.4 Å². The second-order valence-electron chi connectivity index (χ2n) is 8.18. The van der Waals surface area contributed by atoms with E-state index in [0.29, 0.717) is 35.4 Å². The fourth-order valence-electron chi connectivity index (χ4n) is 3.59. The van der Waals surface area contributed by atoms with E-state index >= 15 is 0 Å². The van der Waals surface area contributed by atoms with Gasteiger partial charge in [-0.25, -0.2) is 9.50 Å². The van der Waals surface area contributed by atoms with Crippen LogP contribution in [0.25, 0.3) is 16.8 Å². The maximum atomic E-state index is 9.86. The Morgan fingerprint density at radius 2 is 1.71 bits per heavy atom. The van der Waals surface area contributed by atoms with Crippen molar-refractivity contribution in [3.63, 3.8) is 0 Å². The zero-order chi connectivity index (χ0) is 22.0. The number of aromatic nitrogens is 3. The van der Waals surface area contributed by atoms with Crippen LogP contribution in [-0.4, -0.2) is 21.2 Å². The molecule has 6 heteroatoms. The first-order valence-corrected chi connectivity index (χ1v) is 10.5. The highest BCUT2D eigenvalue weighted by molar-refractivity contribution is 6.32. The molecule has 5 nitrogen and oxygen atoms in total. The number of benzene rings is 2. The van der Waals surface area contributed by atoms with Crippen molar-refractivity contribution < 1.29 is 4.74 Å². The summed E-state index contributed by atoms with van der Waals surface area (Å²) in [4.78, 5) is 4.70. The summed E-state index contributed by atoms with van der Waals surface area (Å²) in [6, 6.07) is 22.1. The second kappa shape index (κ2) is 8.50. The largest absolute Gasteiger partial charge is 0.376 e. The molecule has 0 N–H and O–H groups in total. The number of nitrogens with zero attached hydrogens (tertiary/aromatic N) is 4. The molecule has 0 amide bonds. The molecule has 2 aromatic carbocycles. The minimum atomic E-state index is -0.461. The van der Waals surface area contributed by atoms with Crippen molar-refractivity contribution in [3.05, 3.63) is 88.3 Å². The Hall–Kier alpha value is -3.20. The normalized spacial score (nSPS) is 11.6. The predicted molar refractivity (Wildman–Crippen MR) is 122 cm³/mol. The van der Waals surface area contributed by atoms with Gasteiger partial charge in [-0.15, -0.1) is 5.10 Å². The standard InChI is InChI=1S/C25H23ClN4O/c1-17-20(14-27)23-28-24(25(2,3)16-31-15-18-10-6-4-7-11-18)29-30(23)22(26)21(17)19-12-8-5-9-13-19/h4-13H,15-16H2,1-3H3. The molecule has 0 aliphatic rings. The van der Waals surface area contributed by atoms with E-state index < -0.39 is 5.41 Å². The van der Waals surface area contributed by atoms with E-state index in [-0.39, 0.29) is 0 Å². The van der Waals surface area contributed by atoms with Gasteiger partial charge in [-0.2, -0.15) is 5.26 Å². The van der Waals surface area contributed by atoms with Crippen LogP contribution in [0.4, 0.5) is 0 Å². The lowest BCUT2D eigenvalue weighted by Crippen LogP contribution is -2.26. The summed E-state index contributed by atoms with van der Waals surface area (Å²) in [5.41, 5.74) is 4.12. The second-order valence-corrected chi connectivity index (χ2v) is 8.53. The molecule has 4 aromatic rings. The van der Waals surface area contributed by atoms with Gasteiger partial charge in [0.05, 0.1) is 13.2 Å². The fourth-order valence-corrected chi connectivity index (χ4v) is 3.96. The molecule has 0 radical (unpaired) electrons. The highest BCUT2D eigenvalue weighted by atomic mass is 35.5. The average molecular weight is 431 g/mol. The summed E-state index contributed by atoms with van der Waals surface area (Å²) in [7, 11) is 0. The molecule has 156 valence electrons. The molecule has 31 heavy (non-hydrogen) atoms. The van der Waals surface area contributed by atoms with E-state index in [4.69, 9.17) is 21.3 Å². The van der Waals surface area contributed by atoms with Gasteiger partial charge in [0.1, 0.15) is 16.8 Å². The fraction of sp³-hybridized carbons (Fsp3) is 0.240. The van der Waals surface area contributed by atoms with Gasteiger partial charge in [-0.1, -0.05) is 86.1 Å². The Balaban J connectivity index is 1.71. The van der Waals surface area contributed by atoms with Crippen molar-refractivity contribution in [1.29, 1.82) is 5.26 Å². The number of fused-ring (bicyclic) bond motifs is 1. The van der Waals surface area contributed by atoms with Crippen molar-refractivity contribution >= 4 is 17.2 Å². The van der Waals surface area contributed by atoms with Gasteiger partial charge < -0.3 is 4.74 Å². The smallest absolute Gasteiger partial charge is 0.175 e. The summed E-state index contributed by atoms with van der Waals surface area (Å²) in [6.07, 6.45) is 0. The lowest BCUT2D eigenvalue weighted by atomic mass is 9.94. The molecule has 0 aliphatic carbocycles. The van der Waals surface area contributed by atoms with Crippen molar-refractivity contribution in [1.82, 2.24) is 14.6 Å². The van der Waals surface area contributed by atoms with Crippen LogP contribution >= 0.6 is 11.6 Å². The number of pyridine rings is 1. The Labute approximate surface area is 186 Å². The molecule has 0 saturated heterocycles. The molecule has 0 saturated carbocycles. The number of rotatable bonds is 6. The third-order valence-electron chi connectivity index (χ3n) is 5.33. The Kier molecular flexibility index (Phi) is 5.77. The average Bonchev–Trinajstić information content (AvgIpc) is 3.22. The van der Waals surface area contributed by atoms with Crippen LogP contribution < -0.4 is 0 Å². The van der Waals surface area contributed by atoms with Crippen LogP contribution in [0.15, 0.2) is 60.7 Å². The minimum absolute atomic E-state index is 0.433. The minimum Gasteiger partial charge on any atom is -0.376 e. The quantitative estimate of drug-likeness (QED) is 0.367. The van der Waals surface area contributed by atoms with Gasteiger partial charge in [0.15, 0.2) is 11.5 Å². The monoisotopic (exact) mass is 430 g/mol. The van der Waals surface area contributed by atoms with Gasteiger partial charge in [-0.05, 0) is 23.6 Å². The van der Waals surface area contributed by atoms with Crippen molar-refractivity contribution in [3.8, 4) is 17.2 Å². The highest BCUT2D eigenvalue weighted by Crippen LogP contribution is 2.35. The van der Waals surface area contributed by atoms with Crippen molar-refractivity contribution in [2.75, 3.05) is 6.61 Å². The Morgan fingerprint density at radius 3 is 2.35 bits per heavy atom. The van der Waals surface area contributed by atoms with Crippen LogP contribution in [0.5, 0.6) is 0 Å². The van der Waals surface area contributed by atoms with Crippen molar-refractivity contribution in [2.45, 2.75) is 32.8 Å². The maximum absolute atomic E-state index is 9.86. The van der Waals surface area contributed by atoms with E-state index in [1.54, 1.807) is 4.52 Å². The molecule has 4 rings (SSSR count). The molecular weight excluding hydrogens is 408 g/mol. The summed E-state index contributed by atoms with van der Waals surface area (Å²) in [5.74, 6) is 0.587. The lowest BCUT2D eigenvalue weighted by molar-refractivity contribution is 0.0797. The number of nitriles is 1. The van der Waals surface area contributed by atoms with Crippen LogP contribution in [-0.2, 0) is 16.8 Å². The topological polar surface area (TPSA) is 63.2 Å². The first kappa shape index (κ1) is 21.0. The maximum Gasteiger partial charge on any atom is 0.175 e. The third kappa shape index (κ3) is 4.05. The first-order chi connectivity index (χ1) is 14.9. The summed E-state index contributed by atoms with van der Waals surface area (Å²) >= 11 is 6.78. The zero-order valence-corrected chi connectivity index (χ0v) is 18.5. The summed E-state index contributed by atoms with van der Waals surface area (Å²) < 4.78 is 7.52. The van der Waals surface area contributed by atoms with E-state index in [2.05, 4.69) is 11.2 Å². The zero-order valence-electron chi connectivity index (χ0n) is 17.8. The number of hydrogen-bond donors (Lipinski definition) is 0. The molecular formula is C25H23ClN4O. The first-order valence-electron chi connectivity index (χ1n) is 10.1. The van der Waals surface area contributed by atoms with Crippen molar-refractivity contribution in [2.24, 2.45) is 0 Å². The van der Waals surface area contributed by atoms with Gasteiger partial charge in [-0.3, -0.25) is 0 Å². The number of hydrogen-bond acceptors (Lipinski definition) is 4. The molecule has 2 heterocycles. The highest BCUT2D eigenvalue weighted by Gasteiger charge is 2.29. The SMILES string of the molecule is Cc1c(-c2ccccc2)c(Cl)n2nc(C(C)(C)COCc3ccccc3)nc2c1C#N. The van der Waals surface area contributed by atoms with Crippen LogP contribution in [0, 0.1) is 18.3 Å². The molecule has 0 bridgehead atoms. The number of halogens is 1. The van der Waals surface area contributed by atoms with Crippen LogP contribution in [0.3, 0.4) is 0 Å². The Morgan fingerprint density at radius 1 is 1.06 bits per heavy atom. The summed E-state index contributed by atoms with van der Waals surface area (Å²) in [6.45, 7) is 6.90. The molecule has 0 aliphatic heterocycles. The molecule has 0 unspecified atom stereocenters. The van der Waals surface area contributed by atoms with E-state index in [1.165, 1.54) is 0 Å². The van der Waals surface area contributed by atoms with Gasteiger partial charge >= 0.3 is 0 Å². The van der Waals surface area contributed by atoms with Gasteiger partial charge in [0.2, 0.25) is 0 Å². The molecule has 0 atom stereocenters. The third-order valence-corrected chi connectivity index (χ3v) is 5.68. The van der Waals surface area contributed by atoms with Crippen LogP contribution in [0.1, 0.15) is 36.4 Å². The summed E-state index contributed by atoms with van der Waals surface area (Å²) in [5, 5.41) is 15.0. The van der Waals surface area contributed by atoms with Gasteiger partial charge in [0, 0.05) is 11.0 Å². The predicted octanol–water partition coefficient (Wildman–Crippen LogP) is 5.72. The number of ether oxygens (including phenoxy) is 1. The Bertz CT molecular complexity index is 1260. The molecule has 0 fully saturated rings. The molecule has 0 spiro atoms. The lowest BCUT2D eigenvalue weighted by Gasteiger charge is -2.20.